The van der Waals surface area contributed by atoms with Gasteiger partial charge in [-0.15, -0.1) is 11.3 Å². The average molecular weight is 284 g/mol. The number of anilines is 2. The Kier molecular flexibility index (Phi) is 2.67. The first-order valence-corrected chi connectivity index (χ1v) is 7.74. The number of aromatic amines is 1. The molecule has 1 unspecified atom stereocenters. The molecule has 1 aliphatic rings. The molecule has 3 aromatic rings. The maximum Gasteiger partial charge on any atom is 0.0672 e. The third-order valence-electron chi connectivity index (χ3n) is 3.99. The number of H-pyrrole nitrogens is 1. The second-order valence-corrected chi connectivity index (χ2v) is 6.29. The number of rotatable bonds is 2. The van der Waals surface area contributed by atoms with Gasteiger partial charge in [-0.2, -0.15) is 5.10 Å². The van der Waals surface area contributed by atoms with E-state index < -0.39 is 0 Å². The molecule has 1 aliphatic carbocycles. The molecule has 20 heavy (non-hydrogen) atoms. The number of nitrogens with zero attached hydrogens (tertiary/aromatic N) is 1. The first kappa shape index (κ1) is 11.8. The molecular weight excluding hydrogens is 268 g/mol. The van der Waals surface area contributed by atoms with Gasteiger partial charge in [-0.3, -0.25) is 5.10 Å². The molecule has 2 aromatic heterocycles. The molecule has 0 saturated heterocycles. The maximum absolute atomic E-state index is 6.16. The normalized spacial score (nSPS) is 18.1. The van der Waals surface area contributed by atoms with Crippen molar-refractivity contribution in [1.82, 2.24) is 10.2 Å². The second-order valence-electron chi connectivity index (χ2n) is 5.28. The Balaban J connectivity index is 1.70. The van der Waals surface area contributed by atoms with E-state index >= 15 is 0 Å². The number of benzene rings is 1. The summed E-state index contributed by atoms with van der Waals surface area (Å²) in [6.07, 6.45) is 5.40. The number of nitrogens with one attached hydrogen (secondary N) is 2. The van der Waals surface area contributed by atoms with Crippen molar-refractivity contribution >= 4 is 33.6 Å². The Morgan fingerprint density at radius 3 is 3.30 bits per heavy atom. The van der Waals surface area contributed by atoms with Crippen molar-refractivity contribution in [2.75, 3.05) is 11.1 Å². The molecule has 5 heteroatoms. The fourth-order valence-corrected chi connectivity index (χ4v) is 3.95. The lowest BCUT2D eigenvalue weighted by atomic mass is 9.93. The van der Waals surface area contributed by atoms with E-state index in [4.69, 9.17) is 5.73 Å². The Morgan fingerprint density at radius 1 is 1.40 bits per heavy atom. The smallest absolute Gasteiger partial charge is 0.0672 e. The van der Waals surface area contributed by atoms with Crippen LogP contribution >= 0.6 is 11.3 Å². The largest absolute Gasteiger partial charge is 0.397 e. The second kappa shape index (κ2) is 4.52. The van der Waals surface area contributed by atoms with Crippen LogP contribution in [0.2, 0.25) is 0 Å². The van der Waals surface area contributed by atoms with Gasteiger partial charge in [0.1, 0.15) is 0 Å². The number of aromatic nitrogens is 2. The minimum absolute atomic E-state index is 0.368. The summed E-state index contributed by atoms with van der Waals surface area (Å²) < 4.78 is 0. The van der Waals surface area contributed by atoms with Crippen LogP contribution < -0.4 is 11.1 Å². The van der Waals surface area contributed by atoms with E-state index in [-0.39, 0.29) is 0 Å². The average Bonchev–Trinajstić information content (AvgIpc) is 3.07. The third-order valence-corrected chi connectivity index (χ3v) is 4.99. The van der Waals surface area contributed by atoms with Crippen LogP contribution in [0.25, 0.3) is 10.9 Å². The van der Waals surface area contributed by atoms with Gasteiger partial charge in [-0.1, -0.05) is 0 Å². The van der Waals surface area contributed by atoms with Crippen LogP contribution in [-0.2, 0) is 6.42 Å². The Morgan fingerprint density at radius 2 is 2.35 bits per heavy atom. The quantitative estimate of drug-likeness (QED) is 0.629. The first-order valence-electron chi connectivity index (χ1n) is 6.86. The van der Waals surface area contributed by atoms with Crippen LogP contribution in [0.4, 0.5) is 11.4 Å². The number of nitrogen functional groups attached to an aromatic ring is 1. The number of aryl methyl sites for hydroxylation is 1. The molecule has 2 heterocycles. The summed E-state index contributed by atoms with van der Waals surface area (Å²) >= 11 is 1.86. The van der Waals surface area contributed by atoms with Crippen molar-refractivity contribution in [3.05, 3.63) is 40.2 Å². The predicted molar refractivity (Wildman–Crippen MR) is 84.1 cm³/mol. The highest BCUT2D eigenvalue weighted by atomic mass is 32.1. The standard InChI is InChI=1S/C15H16N4S/c16-11-6-9-8-17-19-13(9)7-14(11)18-12-2-1-3-15-10(12)4-5-20-15/h4-8,12,18H,1-3,16H2,(H,17,19). The molecule has 0 bridgehead atoms. The Labute approximate surface area is 121 Å². The van der Waals surface area contributed by atoms with E-state index in [0.29, 0.717) is 6.04 Å². The van der Waals surface area contributed by atoms with Gasteiger partial charge < -0.3 is 11.1 Å². The summed E-state index contributed by atoms with van der Waals surface area (Å²) in [4.78, 5) is 1.51. The molecular formula is C15H16N4S. The van der Waals surface area contributed by atoms with E-state index in [1.54, 1.807) is 6.20 Å². The molecule has 4 rings (SSSR count). The van der Waals surface area contributed by atoms with E-state index in [0.717, 1.165) is 28.7 Å². The van der Waals surface area contributed by atoms with E-state index in [1.807, 2.05) is 17.4 Å². The van der Waals surface area contributed by atoms with E-state index in [2.05, 4.69) is 33.0 Å². The lowest BCUT2D eigenvalue weighted by Gasteiger charge is -2.25. The zero-order valence-electron chi connectivity index (χ0n) is 11.0. The lowest BCUT2D eigenvalue weighted by molar-refractivity contribution is 0.609. The Hall–Kier alpha value is -2.01. The summed E-state index contributed by atoms with van der Waals surface area (Å²) in [7, 11) is 0. The number of hydrogen-bond acceptors (Lipinski definition) is 4. The van der Waals surface area contributed by atoms with Crippen molar-refractivity contribution in [3.63, 3.8) is 0 Å². The molecule has 0 aliphatic heterocycles. The van der Waals surface area contributed by atoms with Gasteiger partial charge in [-0.05, 0) is 48.4 Å². The molecule has 0 saturated carbocycles. The zero-order chi connectivity index (χ0) is 13.5. The highest BCUT2D eigenvalue weighted by molar-refractivity contribution is 7.10. The summed E-state index contributed by atoms with van der Waals surface area (Å²) in [5.74, 6) is 0. The number of thiophene rings is 1. The van der Waals surface area contributed by atoms with Crippen LogP contribution in [0.5, 0.6) is 0 Å². The van der Waals surface area contributed by atoms with E-state index in [9.17, 15) is 0 Å². The van der Waals surface area contributed by atoms with Gasteiger partial charge in [0.15, 0.2) is 0 Å². The number of nitrogens with two attached hydrogens (primary N) is 1. The summed E-state index contributed by atoms with van der Waals surface area (Å²) in [6.45, 7) is 0. The fourth-order valence-electron chi connectivity index (χ4n) is 2.96. The fraction of sp³-hybridized carbons (Fsp3) is 0.267. The van der Waals surface area contributed by atoms with Crippen LogP contribution in [0, 0.1) is 0 Å². The molecule has 4 nitrogen and oxygen atoms in total. The van der Waals surface area contributed by atoms with Crippen molar-refractivity contribution in [3.8, 4) is 0 Å². The molecule has 0 spiro atoms. The van der Waals surface area contributed by atoms with Crippen molar-refractivity contribution < 1.29 is 0 Å². The SMILES string of the molecule is Nc1cc2cn[nH]c2cc1NC1CCCc2sccc21. The van der Waals surface area contributed by atoms with Gasteiger partial charge in [-0.25, -0.2) is 0 Å². The molecule has 4 N–H and O–H groups in total. The van der Waals surface area contributed by atoms with Gasteiger partial charge >= 0.3 is 0 Å². The topological polar surface area (TPSA) is 66.7 Å². The minimum atomic E-state index is 0.368. The van der Waals surface area contributed by atoms with Crippen LogP contribution in [0.3, 0.4) is 0 Å². The van der Waals surface area contributed by atoms with Crippen molar-refractivity contribution in [2.45, 2.75) is 25.3 Å². The highest BCUT2D eigenvalue weighted by Crippen LogP contribution is 2.37. The molecule has 1 atom stereocenters. The monoisotopic (exact) mass is 284 g/mol. The molecule has 102 valence electrons. The number of hydrogen-bond donors (Lipinski definition) is 3. The molecule has 0 amide bonds. The van der Waals surface area contributed by atoms with Crippen LogP contribution in [0.1, 0.15) is 29.3 Å². The maximum atomic E-state index is 6.16. The van der Waals surface area contributed by atoms with Gasteiger partial charge in [0, 0.05) is 10.3 Å². The molecule has 1 aromatic carbocycles. The van der Waals surface area contributed by atoms with Crippen LogP contribution in [-0.4, -0.2) is 10.2 Å². The highest BCUT2D eigenvalue weighted by Gasteiger charge is 2.21. The molecule has 0 fully saturated rings. The van der Waals surface area contributed by atoms with Crippen molar-refractivity contribution in [2.24, 2.45) is 0 Å². The van der Waals surface area contributed by atoms with Gasteiger partial charge in [0.2, 0.25) is 0 Å². The van der Waals surface area contributed by atoms with Gasteiger partial charge in [0.25, 0.3) is 0 Å². The molecule has 0 radical (unpaired) electrons. The lowest BCUT2D eigenvalue weighted by Crippen LogP contribution is -2.16. The number of fused-ring (bicyclic) bond motifs is 2. The zero-order valence-corrected chi connectivity index (χ0v) is 11.8. The first-order chi connectivity index (χ1) is 9.81. The van der Waals surface area contributed by atoms with E-state index in [1.165, 1.54) is 23.3 Å². The summed E-state index contributed by atoms with van der Waals surface area (Å²) in [5.41, 5.74) is 10.4. The summed E-state index contributed by atoms with van der Waals surface area (Å²) in [5, 5.41) is 13.9. The van der Waals surface area contributed by atoms with Gasteiger partial charge in [0.05, 0.1) is 29.1 Å². The van der Waals surface area contributed by atoms with Crippen LogP contribution in [0.15, 0.2) is 29.8 Å². The predicted octanol–water partition coefficient (Wildman–Crippen LogP) is 3.70. The Bertz CT molecular complexity index is 758. The third kappa shape index (κ3) is 1.86. The summed E-state index contributed by atoms with van der Waals surface area (Å²) in [6, 6.07) is 6.63. The van der Waals surface area contributed by atoms with Crippen molar-refractivity contribution in [1.29, 1.82) is 0 Å². The minimum Gasteiger partial charge on any atom is -0.397 e.